The Morgan fingerprint density at radius 2 is 1.78 bits per heavy atom. The SMILES string of the molecule is CCN(c1cc(O[C@H]2C[C@@H](CN3CCOCC3)C2)cc(C(=O)NCc2c(C)cc(C)[nH]c2=O)c1C)C1CCOCC1. The molecule has 5 rings (SSSR count). The van der Waals surface area contributed by atoms with E-state index in [9.17, 15) is 9.59 Å². The number of hydrogen-bond donors (Lipinski definition) is 2. The van der Waals surface area contributed by atoms with Gasteiger partial charge < -0.3 is 29.4 Å². The number of anilines is 1. The van der Waals surface area contributed by atoms with Crippen molar-refractivity contribution in [3.05, 3.63) is 56.5 Å². The van der Waals surface area contributed by atoms with E-state index in [4.69, 9.17) is 14.2 Å². The molecule has 1 amide bonds. The van der Waals surface area contributed by atoms with Crippen molar-refractivity contribution in [1.82, 2.24) is 15.2 Å². The number of hydrogen-bond acceptors (Lipinski definition) is 7. The highest BCUT2D eigenvalue weighted by Crippen LogP contribution is 2.37. The molecule has 0 spiro atoms. The van der Waals surface area contributed by atoms with Gasteiger partial charge in [-0.15, -0.1) is 0 Å². The molecule has 1 saturated carbocycles. The number of nitrogens with one attached hydrogen (secondary N) is 2. The fourth-order valence-corrected chi connectivity index (χ4v) is 6.52. The van der Waals surface area contributed by atoms with E-state index < -0.39 is 0 Å². The molecule has 2 aromatic rings. The molecule has 1 aromatic heterocycles. The van der Waals surface area contributed by atoms with Crippen LogP contribution in [0.1, 0.15) is 65.3 Å². The van der Waals surface area contributed by atoms with Gasteiger partial charge in [0.1, 0.15) is 5.75 Å². The van der Waals surface area contributed by atoms with Crippen LogP contribution >= 0.6 is 0 Å². The van der Waals surface area contributed by atoms with Crippen LogP contribution in [-0.4, -0.2) is 80.5 Å². The number of aromatic amines is 1. The summed E-state index contributed by atoms with van der Waals surface area (Å²) in [5.41, 5.74) is 4.65. The maximum absolute atomic E-state index is 13.6. The van der Waals surface area contributed by atoms with Crippen molar-refractivity contribution in [2.24, 2.45) is 5.92 Å². The number of carbonyl (C=O) groups excluding carboxylic acids is 1. The van der Waals surface area contributed by atoms with E-state index in [1.165, 1.54) is 0 Å². The highest BCUT2D eigenvalue weighted by molar-refractivity contribution is 5.97. The zero-order valence-corrected chi connectivity index (χ0v) is 25.1. The van der Waals surface area contributed by atoms with Crippen LogP contribution < -0.4 is 20.5 Å². The molecule has 9 nitrogen and oxygen atoms in total. The number of nitrogens with zero attached hydrogens (tertiary/aromatic N) is 2. The molecule has 3 heterocycles. The van der Waals surface area contributed by atoms with Crippen LogP contribution in [-0.2, 0) is 16.0 Å². The number of rotatable bonds is 10. The highest BCUT2D eigenvalue weighted by atomic mass is 16.5. The number of ether oxygens (including phenoxy) is 3. The van der Waals surface area contributed by atoms with Gasteiger partial charge in [-0.1, -0.05) is 0 Å². The first-order valence-electron chi connectivity index (χ1n) is 15.3. The van der Waals surface area contributed by atoms with Crippen molar-refractivity contribution in [1.29, 1.82) is 0 Å². The molecule has 0 unspecified atom stereocenters. The molecule has 1 aliphatic carbocycles. The molecular formula is C32H46N4O5. The van der Waals surface area contributed by atoms with Gasteiger partial charge in [0.25, 0.3) is 11.5 Å². The molecule has 1 aromatic carbocycles. The average Bonchev–Trinajstić information content (AvgIpc) is 2.94. The number of carbonyl (C=O) groups is 1. The van der Waals surface area contributed by atoms with Crippen LogP contribution in [0.3, 0.4) is 0 Å². The van der Waals surface area contributed by atoms with E-state index in [-0.39, 0.29) is 24.1 Å². The average molecular weight is 567 g/mol. The second-order valence-electron chi connectivity index (χ2n) is 11.9. The zero-order chi connectivity index (χ0) is 28.9. The summed E-state index contributed by atoms with van der Waals surface area (Å²) in [7, 11) is 0. The normalized spacial score (nSPS) is 21.8. The topological polar surface area (TPSA) is 96.1 Å². The number of aromatic nitrogens is 1. The van der Waals surface area contributed by atoms with Crippen molar-refractivity contribution < 1.29 is 19.0 Å². The first kappa shape index (κ1) is 29.6. The standard InChI is InChI=1S/C32H46N4O5/c1-5-36(25-6-10-39-11-7-25)30-18-27(41-26-15-24(16-26)20-35-8-12-40-13-9-35)17-28(23(30)4)31(37)33-19-29-21(2)14-22(3)34-32(29)38/h14,17-18,24-26H,5-13,15-16,19-20H2,1-4H3,(H,33,37)(H,34,38)/t24-,26+. The lowest BCUT2D eigenvalue weighted by molar-refractivity contribution is 0.000119. The Balaban J connectivity index is 1.34. The molecule has 9 heteroatoms. The third-order valence-corrected chi connectivity index (χ3v) is 8.91. The zero-order valence-electron chi connectivity index (χ0n) is 25.1. The van der Waals surface area contributed by atoms with E-state index in [0.29, 0.717) is 23.1 Å². The lowest BCUT2D eigenvalue weighted by Gasteiger charge is -2.40. The maximum atomic E-state index is 13.6. The summed E-state index contributed by atoms with van der Waals surface area (Å²) in [6.45, 7) is 15.2. The minimum absolute atomic E-state index is 0.152. The van der Waals surface area contributed by atoms with E-state index in [1.54, 1.807) is 0 Å². The number of H-pyrrole nitrogens is 1. The van der Waals surface area contributed by atoms with Gasteiger partial charge in [0.05, 0.1) is 19.3 Å². The summed E-state index contributed by atoms with van der Waals surface area (Å²) in [6.07, 6.45) is 4.12. The van der Waals surface area contributed by atoms with Crippen molar-refractivity contribution in [2.45, 2.75) is 72.1 Å². The fourth-order valence-electron chi connectivity index (χ4n) is 6.52. The van der Waals surface area contributed by atoms with Gasteiger partial charge in [0, 0.05) is 80.6 Å². The van der Waals surface area contributed by atoms with E-state index in [0.717, 1.165) is 107 Å². The summed E-state index contributed by atoms with van der Waals surface area (Å²) >= 11 is 0. The Bertz CT molecular complexity index is 1260. The van der Waals surface area contributed by atoms with Crippen molar-refractivity contribution in [3.63, 3.8) is 0 Å². The van der Waals surface area contributed by atoms with Crippen LogP contribution in [0, 0.1) is 26.7 Å². The van der Waals surface area contributed by atoms with E-state index >= 15 is 0 Å². The molecule has 2 aliphatic heterocycles. The first-order chi connectivity index (χ1) is 19.8. The Labute approximate surface area is 243 Å². The van der Waals surface area contributed by atoms with Crippen LogP contribution in [0.2, 0.25) is 0 Å². The van der Waals surface area contributed by atoms with Gasteiger partial charge in [-0.05, 0) is 82.6 Å². The third kappa shape index (κ3) is 7.13. The Morgan fingerprint density at radius 1 is 1.07 bits per heavy atom. The fraction of sp³-hybridized carbons (Fsp3) is 0.625. The second-order valence-corrected chi connectivity index (χ2v) is 11.9. The lowest BCUT2D eigenvalue weighted by Crippen LogP contribution is -2.45. The molecule has 3 aliphatic rings. The van der Waals surface area contributed by atoms with Gasteiger partial charge >= 0.3 is 0 Å². The molecule has 3 fully saturated rings. The van der Waals surface area contributed by atoms with Crippen molar-refractivity contribution >= 4 is 11.6 Å². The predicted molar refractivity (Wildman–Crippen MR) is 160 cm³/mol. The van der Waals surface area contributed by atoms with Gasteiger partial charge in [-0.2, -0.15) is 0 Å². The number of benzene rings is 1. The molecular weight excluding hydrogens is 520 g/mol. The minimum atomic E-state index is -0.199. The van der Waals surface area contributed by atoms with Gasteiger partial charge in [0.2, 0.25) is 0 Å². The van der Waals surface area contributed by atoms with E-state index in [1.807, 2.05) is 32.9 Å². The van der Waals surface area contributed by atoms with Gasteiger partial charge in [0.15, 0.2) is 0 Å². The molecule has 41 heavy (non-hydrogen) atoms. The van der Waals surface area contributed by atoms with Crippen LogP contribution in [0.4, 0.5) is 5.69 Å². The number of morpholine rings is 1. The third-order valence-electron chi connectivity index (χ3n) is 8.91. The van der Waals surface area contributed by atoms with Gasteiger partial charge in [-0.25, -0.2) is 0 Å². The Morgan fingerprint density at radius 3 is 2.46 bits per heavy atom. The minimum Gasteiger partial charge on any atom is -0.490 e. The molecule has 0 atom stereocenters. The highest BCUT2D eigenvalue weighted by Gasteiger charge is 2.33. The molecule has 2 saturated heterocycles. The lowest BCUT2D eigenvalue weighted by atomic mass is 9.81. The van der Waals surface area contributed by atoms with Crippen molar-refractivity contribution in [3.8, 4) is 5.75 Å². The summed E-state index contributed by atoms with van der Waals surface area (Å²) in [4.78, 5) is 33.9. The summed E-state index contributed by atoms with van der Waals surface area (Å²) in [6, 6.07) is 6.29. The molecule has 2 N–H and O–H groups in total. The Hall–Kier alpha value is -2.88. The summed E-state index contributed by atoms with van der Waals surface area (Å²) in [5.74, 6) is 1.17. The number of aryl methyl sites for hydroxylation is 2. The smallest absolute Gasteiger partial charge is 0.253 e. The summed E-state index contributed by atoms with van der Waals surface area (Å²) in [5, 5.41) is 3.01. The summed E-state index contributed by atoms with van der Waals surface area (Å²) < 4.78 is 17.6. The van der Waals surface area contributed by atoms with Gasteiger partial charge in [-0.3, -0.25) is 14.5 Å². The quantitative estimate of drug-likeness (QED) is 0.453. The van der Waals surface area contributed by atoms with E-state index in [2.05, 4.69) is 33.1 Å². The largest absolute Gasteiger partial charge is 0.490 e. The number of pyridine rings is 1. The second kappa shape index (κ2) is 13.4. The molecule has 224 valence electrons. The first-order valence-corrected chi connectivity index (χ1v) is 15.3. The maximum Gasteiger partial charge on any atom is 0.253 e. The monoisotopic (exact) mass is 566 g/mol. The van der Waals surface area contributed by atoms with Crippen LogP contribution in [0.15, 0.2) is 23.0 Å². The molecule has 0 radical (unpaired) electrons. The molecule has 0 bridgehead atoms. The predicted octanol–water partition coefficient (Wildman–Crippen LogP) is 3.73. The van der Waals surface area contributed by atoms with Crippen molar-refractivity contribution in [2.75, 3.05) is 57.5 Å². The van der Waals surface area contributed by atoms with Crippen LogP contribution in [0.25, 0.3) is 0 Å². The Kier molecular flexibility index (Phi) is 9.68. The number of amides is 1. The van der Waals surface area contributed by atoms with Crippen LogP contribution in [0.5, 0.6) is 5.75 Å².